The van der Waals surface area contributed by atoms with Crippen LogP contribution in [0.1, 0.15) is 61.6 Å². The van der Waals surface area contributed by atoms with Crippen LogP contribution < -0.4 is 5.32 Å². The summed E-state index contributed by atoms with van der Waals surface area (Å²) in [4.78, 5) is 12.9. The number of piperidine rings is 1. The molecule has 0 bridgehead atoms. The van der Waals surface area contributed by atoms with E-state index >= 15 is 0 Å². The minimum absolute atomic E-state index is 0.0705. The highest BCUT2D eigenvalue weighted by Crippen LogP contribution is 2.29. The molecule has 29 heavy (non-hydrogen) atoms. The average molecular weight is 419 g/mol. The van der Waals surface area contributed by atoms with Crippen LogP contribution in [0.4, 0.5) is 0 Å². The highest BCUT2D eigenvalue weighted by molar-refractivity contribution is 7.89. The zero-order valence-corrected chi connectivity index (χ0v) is 18.8. The summed E-state index contributed by atoms with van der Waals surface area (Å²) < 4.78 is 27.9. The van der Waals surface area contributed by atoms with Crippen LogP contribution in [0, 0.1) is 26.7 Å². The molecular formula is C23H34N2O3S. The molecule has 1 fully saturated rings. The minimum Gasteiger partial charge on any atom is -0.356 e. The third-order valence-electron chi connectivity index (χ3n) is 6.16. The lowest BCUT2D eigenvalue weighted by Gasteiger charge is -2.31. The van der Waals surface area contributed by atoms with E-state index in [1.165, 1.54) is 18.4 Å². The highest BCUT2D eigenvalue weighted by atomic mass is 32.2. The maximum absolute atomic E-state index is 13.2. The summed E-state index contributed by atoms with van der Waals surface area (Å²) in [7, 11) is -3.53. The molecule has 6 heteroatoms. The van der Waals surface area contributed by atoms with E-state index < -0.39 is 10.0 Å². The molecule has 2 aliphatic rings. The fourth-order valence-corrected chi connectivity index (χ4v) is 6.56. The van der Waals surface area contributed by atoms with Crippen molar-refractivity contribution in [2.24, 2.45) is 5.92 Å². The predicted octanol–water partition coefficient (Wildman–Crippen LogP) is 4.02. The fourth-order valence-electron chi connectivity index (χ4n) is 4.68. The van der Waals surface area contributed by atoms with Crippen LogP contribution >= 0.6 is 0 Å². The number of sulfonamides is 1. The smallest absolute Gasteiger partial charge is 0.243 e. The molecule has 0 saturated carbocycles. The predicted molar refractivity (Wildman–Crippen MR) is 116 cm³/mol. The van der Waals surface area contributed by atoms with E-state index in [0.29, 0.717) is 37.4 Å². The first-order chi connectivity index (χ1) is 13.8. The molecule has 0 aromatic heterocycles. The molecule has 1 amide bonds. The van der Waals surface area contributed by atoms with Crippen molar-refractivity contribution in [3.63, 3.8) is 0 Å². The lowest BCUT2D eigenvalue weighted by Crippen LogP contribution is -2.43. The molecule has 0 radical (unpaired) electrons. The summed E-state index contributed by atoms with van der Waals surface area (Å²) in [6.07, 6.45) is 9.26. The van der Waals surface area contributed by atoms with Gasteiger partial charge in [0, 0.05) is 25.6 Å². The summed E-state index contributed by atoms with van der Waals surface area (Å²) in [6.45, 7) is 7.18. The third kappa shape index (κ3) is 5.28. The van der Waals surface area contributed by atoms with Gasteiger partial charge in [0.05, 0.1) is 4.90 Å². The lowest BCUT2D eigenvalue weighted by molar-refractivity contribution is -0.126. The van der Waals surface area contributed by atoms with Crippen LogP contribution in [0.25, 0.3) is 0 Å². The Labute approximate surface area is 175 Å². The maximum atomic E-state index is 13.2. The molecule has 1 aromatic rings. The van der Waals surface area contributed by atoms with Crippen molar-refractivity contribution in [3.8, 4) is 0 Å². The van der Waals surface area contributed by atoms with Crippen molar-refractivity contribution in [1.82, 2.24) is 9.62 Å². The van der Waals surface area contributed by atoms with Gasteiger partial charge in [0.25, 0.3) is 0 Å². The summed E-state index contributed by atoms with van der Waals surface area (Å²) in [6, 6.07) is 3.84. The molecule has 160 valence electrons. The third-order valence-corrected chi connectivity index (χ3v) is 8.36. The van der Waals surface area contributed by atoms with Crippen molar-refractivity contribution < 1.29 is 13.2 Å². The van der Waals surface area contributed by atoms with Crippen LogP contribution in [-0.2, 0) is 14.8 Å². The second kappa shape index (κ2) is 9.43. The molecule has 1 aliphatic carbocycles. The van der Waals surface area contributed by atoms with Crippen LogP contribution in [0.5, 0.6) is 0 Å². The number of nitrogens with one attached hydrogen (secondary N) is 1. The van der Waals surface area contributed by atoms with E-state index in [9.17, 15) is 13.2 Å². The zero-order chi connectivity index (χ0) is 21.0. The average Bonchev–Trinajstić information content (AvgIpc) is 2.68. The first kappa shape index (κ1) is 22.0. The van der Waals surface area contributed by atoms with E-state index in [1.807, 2.05) is 32.9 Å². The van der Waals surface area contributed by atoms with E-state index in [-0.39, 0.29) is 11.8 Å². The topological polar surface area (TPSA) is 66.5 Å². The van der Waals surface area contributed by atoms with Gasteiger partial charge in [-0.3, -0.25) is 4.79 Å². The Balaban J connectivity index is 1.54. The number of nitrogens with zero attached hydrogens (tertiary/aromatic N) is 1. The first-order valence-corrected chi connectivity index (χ1v) is 12.3. The lowest BCUT2D eigenvalue weighted by atomic mass is 9.96. The molecule has 3 rings (SSSR count). The number of allylic oxidation sites excluding steroid dienone is 1. The van der Waals surface area contributed by atoms with Crippen LogP contribution in [0.15, 0.2) is 28.7 Å². The van der Waals surface area contributed by atoms with Gasteiger partial charge in [-0.15, -0.1) is 0 Å². The van der Waals surface area contributed by atoms with Gasteiger partial charge in [-0.2, -0.15) is 4.31 Å². The van der Waals surface area contributed by atoms with Gasteiger partial charge in [0.1, 0.15) is 0 Å². The van der Waals surface area contributed by atoms with Crippen molar-refractivity contribution >= 4 is 15.9 Å². The molecule has 1 N–H and O–H groups in total. The van der Waals surface area contributed by atoms with Crippen molar-refractivity contribution in [2.75, 3.05) is 19.6 Å². The van der Waals surface area contributed by atoms with E-state index in [0.717, 1.165) is 36.0 Å². The Kier molecular flexibility index (Phi) is 7.17. The standard InChI is InChI=1S/C23H34N2O3S/c1-17-15-18(2)22(19(3)16-17)29(27,28)25-13-10-21(11-14-25)23(26)24-12-9-20-7-5-4-6-8-20/h7,15-16,21H,4-6,8-14H2,1-3H3,(H,24,26). The van der Waals surface area contributed by atoms with Gasteiger partial charge < -0.3 is 5.32 Å². The second-order valence-electron chi connectivity index (χ2n) is 8.56. The number of rotatable bonds is 6. The molecule has 0 atom stereocenters. The molecular weight excluding hydrogens is 384 g/mol. The summed E-state index contributed by atoms with van der Waals surface area (Å²) in [5, 5.41) is 3.06. The normalized spacial score (nSPS) is 19.1. The maximum Gasteiger partial charge on any atom is 0.243 e. The van der Waals surface area contributed by atoms with Gasteiger partial charge >= 0.3 is 0 Å². The quantitative estimate of drug-likeness (QED) is 0.710. The highest BCUT2D eigenvalue weighted by Gasteiger charge is 2.33. The number of carbonyl (C=O) groups is 1. The summed E-state index contributed by atoms with van der Waals surface area (Å²) in [5.41, 5.74) is 4.11. The molecule has 0 unspecified atom stereocenters. The van der Waals surface area contributed by atoms with E-state index in [2.05, 4.69) is 11.4 Å². The fraction of sp³-hybridized carbons (Fsp3) is 0.609. The zero-order valence-electron chi connectivity index (χ0n) is 18.0. The summed E-state index contributed by atoms with van der Waals surface area (Å²) in [5.74, 6) is -0.0249. The Hall–Kier alpha value is -1.66. The number of aryl methyl sites for hydroxylation is 3. The van der Waals surface area contributed by atoms with Crippen molar-refractivity contribution in [2.45, 2.75) is 70.6 Å². The largest absolute Gasteiger partial charge is 0.356 e. The first-order valence-electron chi connectivity index (χ1n) is 10.8. The number of carbonyl (C=O) groups excluding carboxylic acids is 1. The molecule has 1 saturated heterocycles. The van der Waals surface area contributed by atoms with Crippen LogP contribution in [0.2, 0.25) is 0 Å². The van der Waals surface area contributed by atoms with E-state index in [4.69, 9.17) is 0 Å². The monoisotopic (exact) mass is 418 g/mol. The van der Waals surface area contributed by atoms with Gasteiger partial charge in [-0.05, 0) is 76.8 Å². The molecule has 1 aliphatic heterocycles. The van der Waals surface area contributed by atoms with Gasteiger partial charge in [0.15, 0.2) is 0 Å². The molecule has 0 spiro atoms. The number of hydrogen-bond donors (Lipinski definition) is 1. The Morgan fingerprint density at radius 2 is 1.76 bits per heavy atom. The molecule has 1 heterocycles. The van der Waals surface area contributed by atoms with E-state index in [1.54, 1.807) is 4.31 Å². The van der Waals surface area contributed by atoms with Gasteiger partial charge in [0.2, 0.25) is 15.9 Å². The van der Waals surface area contributed by atoms with Gasteiger partial charge in [-0.1, -0.05) is 29.3 Å². The molecule has 1 aromatic carbocycles. The number of hydrogen-bond acceptors (Lipinski definition) is 3. The number of amides is 1. The molecule has 5 nitrogen and oxygen atoms in total. The van der Waals surface area contributed by atoms with Crippen LogP contribution in [-0.4, -0.2) is 38.3 Å². The van der Waals surface area contributed by atoms with Crippen LogP contribution in [0.3, 0.4) is 0 Å². The number of benzene rings is 1. The SMILES string of the molecule is Cc1cc(C)c(S(=O)(=O)N2CCC(C(=O)NCCC3=CCCCC3)CC2)c(C)c1. The minimum atomic E-state index is -3.53. The second-order valence-corrected chi connectivity index (χ2v) is 10.4. The van der Waals surface area contributed by atoms with Crippen molar-refractivity contribution in [1.29, 1.82) is 0 Å². The Bertz CT molecular complexity index is 858. The Morgan fingerprint density at radius 3 is 2.34 bits per heavy atom. The summed E-state index contributed by atoms with van der Waals surface area (Å²) >= 11 is 0. The van der Waals surface area contributed by atoms with Crippen molar-refractivity contribution in [3.05, 3.63) is 40.5 Å². The van der Waals surface area contributed by atoms with Gasteiger partial charge in [-0.25, -0.2) is 8.42 Å². The Morgan fingerprint density at radius 1 is 1.10 bits per heavy atom.